The molecule has 0 radical (unpaired) electrons. The lowest BCUT2D eigenvalue weighted by Gasteiger charge is -2.41. The molecule has 2 amide bonds. The molecule has 9 nitrogen and oxygen atoms in total. The second-order valence-corrected chi connectivity index (χ2v) is 8.49. The lowest BCUT2D eigenvalue weighted by atomic mass is 9.82. The Morgan fingerprint density at radius 1 is 1.16 bits per heavy atom. The van der Waals surface area contributed by atoms with Crippen molar-refractivity contribution in [3.05, 3.63) is 35.9 Å². The molecular weight excluding hydrogens is 416 g/mol. The predicted molar refractivity (Wildman–Crippen MR) is 115 cm³/mol. The van der Waals surface area contributed by atoms with E-state index in [0.29, 0.717) is 12.0 Å². The molecule has 0 aliphatic carbocycles. The zero-order chi connectivity index (χ0) is 24.0. The Balaban J connectivity index is 2.34. The zero-order valence-corrected chi connectivity index (χ0v) is 18.9. The van der Waals surface area contributed by atoms with Crippen LogP contribution < -0.4 is 5.32 Å². The first-order chi connectivity index (χ1) is 15.1. The summed E-state index contributed by atoms with van der Waals surface area (Å²) in [6.07, 6.45) is -0.385. The van der Waals surface area contributed by atoms with Gasteiger partial charge in [0.1, 0.15) is 18.0 Å². The van der Waals surface area contributed by atoms with Crippen molar-refractivity contribution in [2.24, 2.45) is 17.8 Å². The minimum absolute atomic E-state index is 0.0149. The van der Waals surface area contributed by atoms with Crippen molar-refractivity contribution < 1.29 is 34.1 Å². The number of carbonyl (C=O) groups is 4. The summed E-state index contributed by atoms with van der Waals surface area (Å²) in [5, 5.41) is 21.8. The van der Waals surface area contributed by atoms with Gasteiger partial charge in [0.25, 0.3) is 5.91 Å². The summed E-state index contributed by atoms with van der Waals surface area (Å²) in [7, 11) is 0. The molecule has 1 heterocycles. The number of carboxylic acid groups (broad SMARTS) is 1. The van der Waals surface area contributed by atoms with E-state index in [9.17, 15) is 29.4 Å². The molecule has 1 aromatic carbocycles. The SMILES string of the molecule is CC[C@H](C)[C@@H]1C(=O)O[C@H]1C(=O)N(Cc1ccccc1)[C@@H](CO)C(=O)N[C@H](C(=O)O)C(C)C. The largest absolute Gasteiger partial charge is 0.480 e. The molecule has 1 fully saturated rings. The van der Waals surface area contributed by atoms with Crippen LogP contribution in [0.1, 0.15) is 39.7 Å². The van der Waals surface area contributed by atoms with Gasteiger partial charge < -0.3 is 25.2 Å². The molecule has 3 N–H and O–H groups in total. The van der Waals surface area contributed by atoms with Crippen molar-refractivity contribution in [3.63, 3.8) is 0 Å². The smallest absolute Gasteiger partial charge is 0.326 e. The third-order valence-electron chi connectivity index (χ3n) is 5.90. The van der Waals surface area contributed by atoms with E-state index < -0.39 is 60.4 Å². The van der Waals surface area contributed by atoms with E-state index in [1.807, 2.05) is 13.8 Å². The van der Waals surface area contributed by atoms with E-state index in [2.05, 4.69) is 5.32 Å². The van der Waals surface area contributed by atoms with Gasteiger partial charge in [-0.25, -0.2) is 4.79 Å². The number of hydrogen-bond donors (Lipinski definition) is 3. The van der Waals surface area contributed by atoms with E-state index in [1.54, 1.807) is 44.2 Å². The summed E-state index contributed by atoms with van der Waals surface area (Å²) < 4.78 is 5.15. The Kier molecular flexibility index (Phi) is 8.77. The van der Waals surface area contributed by atoms with Crippen LogP contribution in [0.25, 0.3) is 0 Å². The number of aliphatic hydroxyl groups is 1. The molecule has 0 aromatic heterocycles. The normalized spacial score (nSPS) is 20.5. The number of aliphatic hydroxyl groups excluding tert-OH is 1. The van der Waals surface area contributed by atoms with Crippen LogP contribution in [-0.2, 0) is 30.5 Å². The molecule has 1 aromatic rings. The summed E-state index contributed by atoms with van der Waals surface area (Å²) in [6, 6.07) is 6.35. The van der Waals surface area contributed by atoms with Gasteiger partial charge in [-0.3, -0.25) is 14.4 Å². The van der Waals surface area contributed by atoms with Gasteiger partial charge in [0.15, 0.2) is 6.10 Å². The van der Waals surface area contributed by atoms with Crippen molar-refractivity contribution in [1.82, 2.24) is 10.2 Å². The van der Waals surface area contributed by atoms with Gasteiger partial charge in [-0.05, 0) is 17.4 Å². The number of nitrogens with zero attached hydrogens (tertiary/aromatic N) is 1. The second kappa shape index (κ2) is 11.1. The number of aliphatic carboxylic acids is 1. The van der Waals surface area contributed by atoms with Gasteiger partial charge in [-0.15, -0.1) is 0 Å². The van der Waals surface area contributed by atoms with Gasteiger partial charge in [0.05, 0.1) is 6.61 Å². The lowest BCUT2D eigenvalue weighted by Crippen LogP contribution is -2.62. The van der Waals surface area contributed by atoms with Crippen LogP contribution in [0.3, 0.4) is 0 Å². The Morgan fingerprint density at radius 2 is 1.78 bits per heavy atom. The molecule has 9 heteroatoms. The number of esters is 1. The molecule has 0 saturated carbocycles. The van der Waals surface area contributed by atoms with Crippen molar-refractivity contribution in [3.8, 4) is 0 Å². The van der Waals surface area contributed by atoms with Crippen LogP contribution in [0.15, 0.2) is 30.3 Å². The van der Waals surface area contributed by atoms with Crippen LogP contribution >= 0.6 is 0 Å². The average Bonchev–Trinajstić information content (AvgIpc) is 2.75. The second-order valence-electron chi connectivity index (χ2n) is 8.49. The standard InChI is InChI=1S/C23H32N2O7/c1-5-14(4)17-19(32-23(17)31)21(28)25(11-15-9-7-6-8-10-15)16(12-26)20(27)24-18(13(2)3)22(29)30/h6-10,13-14,16-19,26H,5,11-12H2,1-4H3,(H,24,27)(H,29,30)/t14-,16-,17-,18-,19+/m0/s1. The maximum atomic E-state index is 13.4. The van der Waals surface area contributed by atoms with Crippen LogP contribution in [0.5, 0.6) is 0 Å². The number of ether oxygens (including phenoxy) is 1. The molecule has 5 atom stereocenters. The first-order valence-electron chi connectivity index (χ1n) is 10.8. The Bertz CT molecular complexity index is 827. The van der Waals surface area contributed by atoms with Gasteiger partial charge in [-0.2, -0.15) is 0 Å². The molecule has 1 aliphatic rings. The number of rotatable bonds is 11. The van der Waals surface area contributed by atoms with E-state index in [0.717, 1.165) is 4.90 Å². The number of nitrogens with one attached hydrogen (secondary N) is 1. The van der Waals surface area contributed by atoms with Crippen LogP contribution in [0.4, 0.5) is 0 Å². The molecular formula is C23H32N2O7. The first kappa shape index (κ1) is 25.3. The molecule has 176 valence electrons. The van der Waals surface area contributed by atoms with Crippen molar-refractivity contribution >= 4 is 23.8 Å². The summed E-state index contributed by atoms with van der Waals surface area (Å²) in [5.41, 5.74) is 0.705. The summed E-state index contributed by atoms with van der Waals surface area (Å²) >= 11 is 0. The number of hydrogen-bond acceptors (Lipinski definition) is 6. The third-order valence-corrected chi connectivity index (χ3v) is 5.90. The van der Waals surface area contributed by atoms with Crippen molar-refractivity contribution in [2.45, 2.75) is 58.8 Å². The molecule has 0 bridgehead atoms. The number of carbonyl (C=O) groups excluding carboxylic acids is 3. The summed E-state index contributed by atoms with van der Waals surface area (Å²) in [5.74, 6) is -4.19. The van der Waals surface area contributed by atoms with Gasteiger partial charge >= 0.3 is 11.9 Å². The molecule has 0 spiro atoms. The Hall–Kier alpha value is -2.94. The highest BCUT2D eigenvalue weighted by atomic mass is 16.6. The number of amides is 2. The minimum atomic E-state index is -1.35. The van der Waals surface area contributed by atoms with Crippen molar-refractivity contribution in [1.29, 1.82) is 0 Å². The fraction of sp³-hybridized carbons (Fsp3) is 0.565. The van der Waals surface area contributed by atoms with E-state index in [-0.39, 0.29) is 12.5 Å². The Labute approximate surface area is 187 Å². The average molecular weight is 449 g/mol. The molecule has 2 rings (SSSR count). The molecule has 0 unspecified atom stereocenters. The van der Waals surface area contributed by atoms with Crippen LogP contribution in [0.2, 0.25) is 0 Å². The van der Waals surface area contributed by atoms with Gasteiger partial charge in [0, 0.05) is 6.54 Å². The van der Waals surface area contributed by atoms with E-state index in [4.69, 9.17) is 4.74 Å². The molecule has 32 heavy (non-hydrogen) atoms. The fourth-order valence-corrected chi connectivity index (χ4v) is 3.69. The topological polar surface area (TPSA) is 133 Å². The molecule has 1 saturated heterocycles. The quantitative estimate of drug-likeness (QED) is 0.433. The lowest BCUT2D eigenvalue weighted by molar-refractivity contribution is -0.198. The highest BCUT2D eigenvalue weighted by molar-refractivity contribution is 5.97. The van der Waals surface area contributed by atoms with Crippen LogP contribution in [0, 0.1) is 17.8 Å². The van der Waals surface area contributed by atoms with E-state index >= 15 is 0 Å². The molecule has 1 aliphatic heterocycles. The van der Waals surface area contributed by atoms with E-state index in [1.165, 1.54) is 0 Å². The Morgan fingerprint density at radius 3 is 2.25 bits per heavy atom. The highest BCUT2D eigenvalue weighted by Crippen LogP contribution is 2.33. The number of carboxylic acids is 1. The summed E-state index contributed by atoms with van der Waals surface area (Å²) in [6.45, 7) is 6.31. The van der Waals surface area contributed by atoms with Gasteiger partial charge in [0.2, 0.25) is 5.91 Å². The minimum Gasteiger partial charge on any atom is -0.480 e. The fourth-order valence-electron chi connectivity index (χ4n) is 3.69. The van der Waals surface area contributed by atoms with Crippen molar-refractivity contribution in [2.75, 3.05) is 6.61 Å². The third kappa shape index (κ3) is 5.64. The highest BCUT2D eigenvalue weighted by Gasteiger charge is 2.52. The maximum absolute atomic E-state index is 13.4. The number of benzene rings is 1. The predicted octanol–water partition coefficient (Wildman–Crippen LogP) is 1.19. The monoisotopic (exact) mass is 448 g/mol. The van der Waals surface area contributed by atoms with Gasteiger partial charge in [-0.1, -0.05) is 64.4 Å². The zero-order valence-electron chi connectivity index (χ0n) is 18.9. The maximum Gasteiger partial charge on any atom is 0.326 e. The first-order valence-corrected chi connectivity index (χ1v) is 10.8. The number of cyclic esters (lactones) is 1. The van der Waals surface area contributed by atoms with Crippen LogP contribution in [-0.4, -0.2) is 63.7 Å². The summed E-state index contributed by atoms with van der Waals surface area (Å²) in [4.78, 5) is 51.1.